The van der Waals surface area contributed by atoms with E-state index in [1.807, 2.05) is 18.2 Å². The number of likely N-dealkylation sites (N-methyl/N-ethyl adjacent to an activating group) is 1. The molecule has 0 fully saturated rings. The van der Waals surface area contributed by atoms with Crippen molar-refractivity contribution in [1.82, 2.24) is 4.90 Å². The summed E-state index contributed by atoms with van der Waals surface area (Å²) in [6.45, 7) is 3.69. The Labute approximate surface area is 110 Å². The quantitative estimate of drug-likeness (QED) is 0.861. The van der Waals surface area contributed by atoms with Gasteiger partial charge in [-0.2, -0.15) is 0 Å². The van der Waals surface area contributed by atoms with Gasteiger partial charge in [0, 0.05) is 22.7 Å². The standard InChI is InChI=1S/C12H16INO2/c1-12(2,16)8-14(3)11(15)9-5-4-6-10(13)7-9/h4-7,16H,8H2,1-3H3. The molecule has 0 unspecified atom stereocenters. The van der Waals surface area contributed by atoms with Crippen molar-refractivity contribution in [1.29, 1.82) is 0 Å². The molecule has 0 spiro atoms. The van der Waals surface area contributed by atoms with Gasteiger partial charge in [-0.05, 0) is 54.6 Å². The first-order valence-corrected chi connectivity index (χ1v) is 6.11. The molecule has 1 aromatic rings. The van der Waals surface area contributed by atoms with Gasteiger partial charge in [-0.15, -0.1) is 0 Å². The van der Waals surface area contributed by atoms with E-state index in [1.165, 1.54) is 4.90 Å². The lowest BCUT2D eigenvalue weighted by molar-refractivity contribution is 0.0368. The largest absolute Gasteiger partial charge is 0.389 e. The molecule has 0 saturated heterocycles. The van der Waals surface area contributed by atoms with E-state index in [-0.39, 0.29) is 5.91 Å². The number of hydrogen-bond acceptors (Lipinski definition) is 2. The summed E-state index contributed by atoms with van der Waals surface area (Å²) in [5.74, 6) is -0.0689. The minimum atomic E-state index is -0.869. The van der Waals surface area contributed by atoms with E-state index in [0.717, 1.165) is 3.57 Å². The number of benzene rings is 1. The van der Waals surface area contributed by atoms with Crippen LogP contribution in [0.5, 0.6) is 0 Å². The van der Waals surface area contributed by atoms with Gasteiger partial charge >= 0.3 is 0 Å². The molecule has 3 nitrogen and oxygen atoms in total. The molecule has 4 heteroatoms. The van der Waals surface area contributed by atoms with Crippen LogP contribution < -0.4 is 0 Å². The van der Waals surface area contributed by atoms with Gasteiger partial charge in [-0.1, -0.05) is 6.07 Å². The molecule has 88 valence electrons. The Hall–Kier alpha value is -0.620. The van der Waals surface area contributed by atoms with Crippen molar-refractivity contribution in [3.63, 3.8) is 0 Å². The van der Waals surface area contributed by atoms with Gasteiger partial charge in [-0.3, -0.25) is 4.79 Å². The third kappa shape index (κ3) is 4.09. The summed E-state index contributed by atoms with van der Waals surface area (Å²) in [5.41, 5.74) is -0.217. The van der Waals surface area contributed by atoms with Gasteiger partial charge in [0.1, 0.15) is 0 Å². The first-order valence-electron chi connectivity index (χ1n) is 5.03. The fourth-order valence-corrected chi connectivity index (χ4v) is 2.04. The summed E-state index contributed by atoms with van der Waals surface area (Å²) < 4.78 is 1.03. The zero-order valence-electron chi connectivity index (χ0n) is 9.70. The molecule has 0 heterocycles. The van der Waals surface area contributed by atoms with Crippen LogP contribution in [0.1, 0.15) is 24.2 Å². The molecule has 0 aliphatic rings. The highest BCUT2D eigenvalue weighted by Gasteiger charge is 2.20. The summed E-state index contributed by atoms with van der Waals surface area (Å²) >= 11 is 2.17. The number of carbonyl (C=O) groups is 1. The summed E-state index contributed by atoms with van der Waals surface area (Å²) in [4.78, 5) is 13.5. The van der Waals surface area contributed by atoms with Crippen molar-refractivity contribution in [2.45, 2.75) is 19.4 Å². The maximum absolute atomic E-state index is 12.0. The van der Waals surface area contributed by atoms with Crippen LogP contribution in [-0.2, 0) is 0 Å². The molecule has 0 aliphatic heterocycles. The second-order valence-corrected chi connectivity index (χ2v) is 5.73. The van der Waals surface area contributed by atoms with Gasteiger partial charge in [0.15, 0.2) is 0 Å². The zero-order valence-corrected chi connectivity index (χ0v) is 11.9. The van der Waals surface area contributed by atoms with Crippen LogP contribution in [0, 0.1) is 3.57 Å². The summed E-state index contributed by atoms with van der Waals surface area (Å²) in [6, 6.07) is 7.41. The lowest BCUT2D eigenvalue weighted by Gasteiger charge is -2.25. The molecule has 0 saturated carbocycles. The molecule has 1 N–H and O–H groups in total. The Morgan fingerprint density at radius 3 is 2.62 bits per heavy atom. The third-order valence-corrected chi connectivity index (χ3v) is 2.71. The minimum Gasteiger partial charge on any atom is -0.389 e. The molecular weight excluding hydrogens is 317 g/mol. The first-order chi connectivity index (χ1) is 7.29. The third-order valence-electron chi connectivity index (χ3n) is 2.04. The summed E-state index contributed by atoms with van der Waals surface area (Å²) in [7, 11) is 1.69. The normalized spacial score (nSPS) is 11.3. The highest BCUT2D eigenvalue weighted by Crippen LogP contribution is 2.11. The van der Waals surface area contributed by atoms with Gasteiger partial charge in [0.05, 0.1) is 5.60 Å². The van der Waals surface area contributed by atoms with Gasteiger partial charge in [0.25, 0.3) is 5.91 Å². The van der Waals surface area contributed by atoms with Crippen molar-refractivity contribution in [2.24, 2.45) is 0 Å². The number of carbonyl (C=O) groups excluding carboxylic acids is 1. The van der Waals surface area contributed by atoms with E-state index in [1.54, 1.807) is 27.0 Å². The number of rotatable bonds is 3. The number of nitrogens with zero attached hydrogens (tertiary/aromatic N) is 1. The predicted molar refractivity (Wildman–Crippen MR) is 72.4 cm³/mol. The van der Waals surface area contributed by atoms with Crippen LogP contribution in [0.4, 0.5) is 0 Å². The van der Waals surface area contributed by atoms with Crippen LogP contribution in [0.2, 0.25) is 0 Å². The lowest BCUT2D eigenvalue weighted by atomic mass is 10.1. The Balaban J connectivity index is 2.78. The molecule has 1 amide bonds. The summed E-state index contributed by atoms with van der Waals surface area (Å²) in [6.07, 6.45) is 0. The molecule has 0 atom stereocenters. The average Bonchev–Trinajstić information content (AvgIpc) is 2.14. The highest BCUT2D eigenvalue weighted by atomic mass is 127. The Morgan fingerprint density at radius 2 is 2.12 bits per heavy atom. The fourth-order valence-electron chi connectivity index (χ4n) is 1.49. The van der Waals surface area contributed by atoms with Crippen LogP contribution in [0.25, 0.3) is 0 Å². The molecule has 0 aliphatic carbocycles. The minimum absolute atomic E-state index is 0.0689. The fraction of sp³-hybridized carbons (Fsp3) is 0.417. The van der Waals surface area contributed by atoms with E-state index in [2.05, 4.69) is 22.6 Å². The van der Waals surface area contributed by atoms with Crippen molar-refractivity contribution in [3.8, 4) is 0 Å². The van der Waals surface area contributed by atoms with E-state index >= 15 is 0 Å². The molecule has 0 bridgehead atoms. The Morgan fingerprint density at radius 1 is 1.50 bits per heavy atom. The number of hydrogen-bond donors (Lipinski definition) is 1. The molecule has 1 rings (SSSR count). The highest BCUT2D eigenvalue weighted by molar-refractivity contribution is 14.1. The van der Waals surface area contributed by atoms with Crippen LogP contribution >= 0.6 is 22.6 Å². The van der Waals surface area contributed by atoms with Crippen LogP contribution in [-0.4, -0.2) is 35.1 Å². The van der Waals surface area contributed by atoms with Crippen molar-refractivity contribution in [3.05, 3.63) is 33.4 Å². The molecule has 0 radical (unpaired) electrons. The van der Waals surface area contributed by atoms with Gasteiger partial charge < -0.3 is 10.0 Å². The van der Waals surface area contributed by atoms with E-state index < -0.39 is 5.60 Å². The number of aliphatic hydroxyl groups is 1. The molecular formula is C12H16INO2. The van der Waals surface area contributed by atoms with Crippen molar-refractivity contribution < 1.29 is 9.90 Å². The number of halogens is 1. The summed E-state index contributed by atoms with van der Waals surface area (Å²) in [5, 5.41) is 9.64. The monoisotopic (exact) mass is 333 g/mol. The Kier molecular flexibility index (Phi) is 4.32. The lowest BCUT2D eigenvalue weighted by Crippen LogP contribution is -2.39. The molecule has 16 heavy (non-hydrogen) atoms. The van der Waals surface area contributed by atoms with Crippen LogP contribution in [0.15, 0.2) is 24.3 Å². The predicted octanol–water partition coefficient (Wildman–Crippen LogP) is 2.13. The Bertz CT molecular complexity index is 385. The topological polar surface area (TPSA) is 40.5 Å². The molecule has 0 aromatic heterocycles. The van der Waals surface area contributed by atoms with Gasteiger partial charge in [-0.25, -0.2) is 0 Å². The second-order valence-electron chi connectivity index (χ2n) is 4.48. The first kappa shape index (κ1) is 13.4. The maximum Gasteiger partial charge on any atom is 0.253 e. The van der Waals surface area contributed by atoms with E-state index in [0.29, 0.717) is 12.1 Å². The van der Waals surface area contributed by atoms with E-state index in [9.17, 15) is 9.90 Å². The van der Waals surface area contributed by atoms with E-state index in [4.69, 9.17) is 0 Å². The van der Waals surface area contributed by atoms with Crippen molar-refractivity contribution >= 4 is 28.5 Å². The SMILES string of the molecule is CN(CC(C)(C)O)C(=O)c1cccc(I)c1. The second kappa shape index (κ2) is 5.14. The van der Waals surface area contributed by atoms with Crippen molar-refractivity contribution in [2.75, 3.05) is 13.6 Å². The number of amides is 1. The molecule has 1 aromatic carbocycles. The average molecular weight is 333 g/mol. The smallest absolute Gasteiger partial charge is 0.253 e. The van der Waals surface area contributed by atoms with Crippen LogP contribution in [0.3, 0.4) is 0 Å². The maximum atomic E-state index is 12.0. The van der Waals surface area contributed by atoms with Gasteiger partial charge in [0.2, 0.25) is 0 Å². The zero-order chi connectivity index (χ0) is 12.3.